The molecular weight excluding hydrogens is 326 g/mol. The van der Waals surface area contributed by atoms with E-state index in [1.807, 2.05) is 26.8 Å². The van der Waals surface area contributed by atoms with Gasteiger partial charge in [0.2, 0.25) is 0 Å². The van der Waals surface area contributed by atoms with Gasteiger partial charge >= 0.3 is 0 Å². The van der Waals surface area contributed by atoms with Crippen LogP contribution in [0.25, 0.3) is 11.4 Å². The molecule has 1 aliphatic rings. The topological polar surface area (TPSA) is 66.9 Å². The number of carbonyl (C=O) groups excluding carboxylic acids is 1. The Morgan fingerprint density at radius 3 is 2.60 bits per heavy atom. The van der Waals surface area contributed by atoms with Crippen molar-refractivity contribution in [3.8, 4) is 11.4 Å². The molecule has 5 nitrogen and oxygen atoms in total. The van der Waals surface area contributed by atoms with Crippen LogP contribution in [0.3, 0.4) is 0 Å². The van der Waals surface area contributed by atoms with Gasteiger partial charge in [0, 0.05) is 6.04 Å². The van der Waals surface area contributed by atoms with Crippen LogP contribution in [0.1, 0.15) is 36.8 Å². The van der Waals surface area contributed by atoms with Gasteiger partial charge in [-0.2, -0.15) is 0 Å². The number of halogens is 2. The second-order valence-electron chi connectivity index (χ2n) is 5.90. The number of nitrogens with one attached hydrogen (secondary N) is 2. The van der Waals surface area contributed by atoms with Crippen molar-refractivity contribution < 1.29 is 13.6 Å². The van der Waals surface area contributed by atoms with Gasteiger partial charge in [-0.3, -0.25) is 4.79 Å². The number of hydrogen-bond donors (Lipinski definition) is 2. The summed E-state index contributed by atoms with van der Waals surface area (Å²) in [5, 5.41) is 5.81. The summed E-state index contributed by atoms with van der Waals surface area (Å²) in [5.74, 6) is -1.62. The molecule has 0 aliphatic carbocycles. The number of rotatable bonds is 4. The van der Waals surface area contributed by atoms with Gasteiger partial charge in [0.15, 0.2) is 5.82 Å². The molecule has 2 heterocycles. The number of benzene rings is 1. The number of aromatic nitrogens is 2. The molecule has 0 unspecified atom stereocenters. The van der Waals surface area contributed by atoms with Gasteiger partial charge < -0.3 is 10.6 Å². The second kappa shape index (κ2) is 6.58. The normalized spacial score (nSPS) is 14.9. The number of hydrogen-bond acceptors (Lipinski definition) is 4. The first-order valence-electron chi connectivity index (χ1n) is 7.95. The van der Waals surface area contributed by atoms with Gasteiger partial charge in [0.05, 0.1) is 17.8 Å². The Hall–Kier alpha value is -2.83. The van der Waals surface area contributed by atoms with Crippen molar-refractivity contribution in [3.05, 3.63) is 52.7 Å². The highest BCUT2D eigenvalue weighted by atomic mass is 19.1. The number of fused-ring (bicyclic) bond motifs is 1. The molecule has 7 heteroatoms. The van der Waals surface area contributed by atoms with Crippen molar-refractivity contribution in [2.45, 2.75) is 33.4 Å². The van der Waals surface area contributed by atoms with Crippen LogP contribution >= 0.6 is 0 Å². The highest BCUT2D eigenvalue weighted by Gasteiger charge is 2.28. The Morgan fingerprint density at radius 1 is 1.28 bits per heavy atom. The van der Waals surface area contributed by atoms with E-state index in [1.54, 1.807) is 0 Å². The predicted octanol–water partition coefficient (Wildman–Crippen LogP) is 3.43. The molecule has 0 spiro atoms. The van der Waals surface area contributed by atoms with E-state index in [4.69, 9.17) is 0 Å². The Morgan fingerprint density at radius 2 is 1.96 bits per heavy atom. The standard InChI is InChI=1S/C18H18F2N4O/c1-4-9(2)10(3)22-17-15-13(8-21-18(15)25)23-16(24-17)14-11(19)6-5-7-12(14)20/h4-7,10H,8H2,1-3H3,(H,21,25)(H,22,23,24)/b9-4-/t10-/m0/s1. The lowest BCUT2D eigenvalue weighted by Gasteiger charge is -2.17. The van der Waals surface area contributed by atoms with E-state index in [-0.39, 0.29) is 35.7 Å². The maximum Gasteiger partial charge on any atom is 0.257 e. The lowest BCUT2D eigenvalue weighted by atomic mass is 10.1. The van der Waals surface area contributed by atoms with E-state index in [9.17, 15) is 13.6 Å². The van der Waals surface area contributed by atoms with Crippen molar-refractivity contribution in [2.24, 2.45) is 0 Å². The number of amides is 1. The third-order valence-electron chi connectivity index (χ3n) is 4.31. The van der Waals surface area contributed by atoms with Crippen LogP contribution in [0.5, 0.6) is 0 Å². The van der Waals surface area contributed by atoms with E-state index in [1.165, 1.54) is 6.07 Å². The van der Waals surface area contributed by atoms with Gasteiger partial charge in [-0.05, 0) is 32.9 Å². The highest BCUT2D eigenvalue weighted by Crippen LogP contribution is 2.29. The molecule has 0 saturated heterocycles. The van der Waals surface area contributed by atoms with Crippen LogP contribution in [0, 0.1) is 11.6 Å². The fraction of sp³-hybridized carbons (Fsp3) is 0.278. The van der Waals surface area contributed by atoms with Crippen LogP contribution < -0.4 is 10.6 Å². The summed E-state index contributed by atoms with van der Waals surface area (Å²) in [6.45, 7) is 5.97. The van der Waals surface area contributed by atoms with Crippen LogP contribution in [-0.4, -0.2) is 21.9 Å². The summed E-state index contributed by atoms with van der Waals surface area (Å²) in [7, 11) is 0. The maximum atomic E-state index is 14.1. The van der Waals surface area contributed by atoms with E-state index < -0.39 is 11.6 Å². The number of allylic oxidation sites excluding steroid dienone is 1. The second-order valence-corrected chi connectivity index (χ2v) is 5.90. The molecular formula is C18H18F2N4O. The molecule has 0 fully saturated rings. The Balaban J connectivity index is 2.14. The van der Waals surface area contributed by atoms with Gasteiger partial charge in [0.25, 0.3) is 5.91 Å². The van der Waals surface area contributed by atoms with E-state index in [0.717, 1.165) is 17.7 Å². The first-order chi connectivity index (χ1) is 11.9. The molecule has 1 aliphatic heterocycles. The SMILES string of the molecule is C/C=C(/C)[C@H](C)Nc1nc(-c2c(F)cccc2F)nc2c1C(=O)NC2. The molecule has 0 saturated carbocycles. The van der Waals surface area contributed by atoms with Crippen LogP contribution in [0.15, 0.2) is 29.8 Å². The van der Waals surface area contributed by atoms with Crippen LogP contribution in [0.4, 0.5) is 14.6 Å². The van der Waals surface area contributed by atoms with E-state index in [0.29, 0.717) is 11.3 Å². The molecule has 0 bridgehead atoms. The lowest BCUT2D eigenvalue weighted by Crippen LogP contribution is -2.21. The van der Waals surface area contributed by atoms with Gasteiger partial charge in [-0.1, -0.05) is 17.7 Å². The first-order valence-corrected chi connectivity index (χ1v) is 7.95. The fourth-order valence-corrected chi connectivity index (χ4v) is 2.62. The van der Waals surface area contributed by atoms with Gasteiger partial charge in [-0.15, -0.1) is 0 Å². The minimum Gasteiger partial charge on any atom is -0.363 e. The van der Waals surface area contributed by atoms with Crippen molar-refractivity contribution in [1.82, 2.24) is 15.3 Å². The van der Waals surface area contributed by atoms with Crippen LogP contribution in [-0.2, 0) is 6.54 Å². The zero-order valence-corrected chi connectivity index (χ0v) is 14.2. The predicted molar refractivity (Wildman–Crippen MR) is 91.1 cm³/mol. The molecule has 2 aromatic rings. The monoisotopic (exact) mass is 344 g/mol. The Bertz CT molecular complexity index is 859. The zero-order valence-electron chi connectivity index (χ0n) is 14.2. The third kappa shape index (κ3) is 3.09. The molecule has 1 atom stereocenters. The van der Waals surface area contributed by atoms with Crippen molar-refractivity contribution in [3.63, 3.8) is 0 Å². The number of carbonyl (C=O) groups is 1. The molecule has 130 valence electrons. The summed E-state index contributed by atoms with van der Waals surface area (Å²) in [6, 6.07) is 3.48. The zero-order chi connectivity index (χ0) is 18.1. The average Bonchev–Trinajstić information content (AvgIpc) is 2.95. The van der Waals surface area contributed by atoms with Gasteiger partial charge in [-0.25, -0.2) is 18.7 Å². The largest absolute Gasteiger partial charge is 0.363 e. The molecule has 1 aromatic heterocycles. The minimum absolute atomic E-state index is 0.0846. The number of nitrogens with zero attached hydrogens (tertiary/aromatic N) is 2. The quantitative estimate of drug-likeness (QED) is 0.834. The Labute approximate surface area is 144 Å². The van der Waals surface area contributed by atoms with Crippen molar-refractivity contribution >= 4 is 11.7 Å². The fourth-order valence-electron chi connectivity index (χ4n) is 2.62. The smallest absolute Gasteiger partial charge is 0.257 e. The summed E-state index contributed by atoms with van der Waals surface area (Å²) < 4.78 is 28.2. The average molecular weight is 344 g/mol. The summed E-state index contributed by atoms with van der Waals surface area (Å²) in [4.78, 5) is 20.5. The van der Waals surface area contributed by atoms with Crippen molar-refractivity contribution in [1.29, 1.82) is 0 Å². The van der Waals surface area contributed by atoms with Crippen molar-refractivity contribution in [2.75, 3.05) is 5.32 Å². The summed E-state index contributed by atoms with van der Waals surface area (Å²) in [6.07, 6.45) is 1.94. The molecule has 3 rings (SSSR count). The lowest BCUT2D eigenvalue weighted by molar-refractivity contribution is 0.0966. The summed E-state index contributed by atoms with van der Waals surface area (Å²) in [5.41, 5.74) is 1.48. The molecule has 25 heavy (non-hydrogen) atoms. The first kappa shape index (κ1) is 17.0. The Kier molecular flexibility index (Phi) is 4.48. The summed E-state index contributed by atoms with van der Waals surface area (Å²) >= 11 is 0. The van der Waals surface area contributed by atoms with Crippen LogP contribution in [0.2, 0.25) is 0 Å². The minimum atomic E-state index is -0.749. The molecule has 0 radical (unpaired) electrons. The molecule has 1 aromatic carbocycles. The molecule has 1 amide bonds. The highest BCUT2D eigenvalue weighted by molar-refractivity contribution is 6.02. The molecule has 2 N–H and O–H groups in total. The van der Waals surface area contributed by atoms with E-state index >= 15 is 0 Å². The number of anilines is 1. The third-order valence-corrected chi connectivity index (χ3v) is 4.31. The van der Waals surface area contributed by atoms with Gasteiger partial charge in [0.1, 0.15) is 23.0 Å². The maximum absolute atomic E-state index is 14.1. The van der Waals surface area contributed by atoms with E-state index in [2.05, 4.69) is 20.6 Å².